The van der Waals surface area contributed by atoms with Crippen LogP contribution in [0.5, 0.6) is 11.5 Å². The molecule has 0 fully saturated rings. The van der Waals surface area contributed by atoms with Crippen molar-refractivity contribution in [2.45, 2.75) is 26.7 Å². The van der Waals surface area contributed by atoms with Gasteiger partial charge in [-0.1, -0.05) is 43.7 Å². The highest BCUT2D eigenvalue weighted by Crippen LogP contribution is 2.35. The third-order valence-electron chi connectivity index (χ3n) is 5.00. The fourth-order valence-electron chi connectivity index (χ4n) is 3.41. The summed E-state index contributed by atoms with van der Waals surface area (Å²) < 4.78 is 13.1. The molecule has 3 aromatic rings. The molecule has 0 atom stereocenters. The smallest absolute Gasteiger partial charge is 0.253 e. The number of benzene rings is 2. The molecule has 1 N–H and O–H groups in total. The van der Waals surface area contributed by atoms with Crippen LogP contribution in [0.3, 0.4) is 0 Å². The normalized spacial score (nSPS) is 10.6. The molecule has 0 aliphatic carbocycles. The lowest BCUT2D eigenvalue weighted by molar-refractivity contribution is 0.0952. The molecular formula is C24H28N2O3. The van der Waals surface area contributed by atoms with Crippen molar-refractivity contribution in [3.63, 3.8) is 0 Å². The van der Waals surface area contributed by atoms with E-state index in [2.05, 4.69) is 16.8 Å². The molecule has 152 valence electrons. The quantitative estimate of drug-likeness (QED) is 0.549. The van der Waals surface area contributed by atoms with Gasteiger partial charge in [-0.15, -0.1) is 0 Å². The van der Waals surface area contributed by atoms with Gasteiger partial charge in [0.05, 0.1) is 31.2 Å². The van der Waals surface area contributed by atoms with Crippen LogP contribution in [0, 0.1) is 6.92 Å². The Balaban J connectivity index is 2.19. The molecule has 1 amide bonds. The van der Waals surface area contributed by atoms with Crippen LogP contribution in [-0.2, 0) is 0 Å². The molecule has 0 aliphatic rings. The summed E-state index contributed by atoms with van der Waals surface area (Å²) in [5.41, 5.74) is 4.29. The van der Waals surface area contributed by atoms with E-state index in [0.717, 1.165) is 41.2 Å². The van der Waals surface area contributed by atoms with Gasteiger partial charge >= 0.3 is 0 Å². The summed E-state index contributed by atoms with van der Waals surface area (Å²) in [6.45, 7) is 4.74. The molecule has 1 heterocycles. The molecule has 0 saturated heterocycles. The van der Waals surface area contributed by atoms with E-state index in [1.165, 1.54) is 0 Å². The molecule has 5 nitrogen and oxygen atoms in total. The zero-order valence-electron chi connectivity index (χ0n) is 17.5. The van der Waals surface area contributed by atoms with Crippen LogP contribution < -0.4 is 14.8 Å². The summed E-state index contributed by atoms with van der Waals surface area (Å²) in [7, 11) is 3.28. The Labute approximate surface area is 172 Å². The second-order valence-corrected chi connectivity index (χ2v) is 6.88. The molecule has 29 heavy (non-hydrogen) atoms. The van der Waals surface area contributed by atoms with Crippen LogP contribution in [0.2, 0.25) is 0 Å². The minimum atomic E-state index is -0.0613. The van der Waals surface area contributed by atoms with Crippen molar-refractivity contribution in [1.29, 1.82) is 0 Å². The molecule has 0 bridgehead atoms. The maximum Gasteiger partial charge on any atom is 0.253 e. The van der Waals surface area contributed by atoms with Crippen LogP contribution in [0.25, 0.3) is 16.9 Å². The summed E-state index contributed by atoms with van der Waals surface area (Å²) in [5.74, 6) is 1.37. The molecular weight excluding hydrogens is 364 g/mol. The lowest BCUT2D eigenvalue weighted by Gasteiger charge is -2.17. The van der Waals surface area contributed by atoms with Crippen LogP contribution in [-0.4, -0.2) is 31.2 Å². The number of rotatable bonds is 8. The van der Waals surface area contributed by atoms with Gasteiger partial charge in [-0.3, -0.25) is 4.79 Å². The van der Waals surface area contributed by atoms with Gasteiger partial charge in [0, 0.05) is 18.3 Å². The Morgan fingerprint density at radius 1 is 1.03 bits per heavy atom. The highest BCUT2D eigenvalue weighted by atomic mass is 16.5. The van der Waals surface area contributed by atoms with E-state index < -0.39 is 0 Å². The number of carbonyl (C=O) groups is 1. The molecule has 2 aromatic carbocycles. The van der Waals surface area contributed by atoms with Gasteiger partial charge in [0.25, 0.3) is 5.91 Å². The predicted octanol–water partition coefficient (Wildman–Crippen LogP) is 5.00. The fraction of sp³-hybridized carbons (Fsp3) is 0.292. The van der Waals surface area contributed by atoms with Crippen LogP contribution in [0.1, 0.15) is 35.8 Å². The number of hydrogen-bond donors (Lipinski definition) is 1. The number of aromatic nitrogens is 1. The Hall–Kier alpha value is -3.21. The van der Waals surface area contributed by atoms with Crippen molar-refractivity contribution in [2.75, 3.05) is 20.8 Å². The average Bonchev–Trinajstić information content (AvgIpc) is 3.11. The Kier molecular flexibility index (Phi) is 6.60. The van der Waals surface area contributed by atoms with Gasteiger partial charge in [-0.05, 0) is 37.1 Å². The van der Waals surface area contributed by atoms with Gasteiger partial charge in [0.2, 0.25) is 0 Å². The second kappa shape index (κ2) is 9.32. The molecule has 1 aromatic heterocycles. The largest absolute Gasteiger partial charge is 0.497 e. The summed E-state index contributed by atoms with van der Waals surface area (Å²) in [6.07, 6.45) is 2.00. The van der Waals surface area contributed by atoms with Gasteiger partial charge in [0.15, 0.2) is 0 Å². The summed E-state index contributed by atoms with van der Waals surface area (Å²) in [4.78, 5) is 12.9. The summed E-state index contributed by atoms with van der Waals surface area (Å²) >= 11 is 0. The third kappa shape index (κ3) is 4.29. The van der Waals surface area contributed by atoms with Crippen molar-refractivity contribution in [3.8, 4) is 28.4 Å². The van der Waals surface area contributed by atoms with Gasteiger partial charge in [-0.25, -0.2) is 0 Å². The Morgan fingerprint density at radius 3 is 2.45 bits per heavy atom. The molecule has 5 heteroatoms. The molecule has 3 rings (SSSR count). The summed E-state index contributed by atoms with van der Waals surface area (Å²) in [5, 5.41) is 3.03. The fourth-order valence-corrected chi connectivity index (χ4v) is 3.41. The first kappa shape index (κ1) is 20.5. The Bertz CT molecular complexity index is 977. The lowest BCUT2D eigenvalue weighted by atomic mass is 10.1. The van der Waals surface area contributed by atoms with E-state index in [1.807, 2.05) is 61.5 Å². The minimum absolute atomic E-state index is 0.0613. The van der Waals surface area contributed by atoms with Crippen LogP contribution in [0.15, 0.2) is 54.6 Å². The van der Waals surface area contributed by atoms with Crippen molar-refractivity contribution in [2.24, 2.45) is 0 Å². The maximum atomic E-state index is 12.9. The zero-order chi connectivity index (χ0) is 20.8. The number of hydrogen-bond acceptors (Lipinski definition) is 3. The molecule has 0 radical (unpaired) electrons. The Morgan fingerprint density at radius 2 is 1.79 bits per heavy atom. The number of carbonyl (C=O) groups excluding carboxylic acids is 1. The van der Waals surface area contributed by atoms with Crippen molar-refractivity contribution < 1.29 is 14.3 Å². The predicted molar refractivity (Wildman–Crippen MR) is 116 cm³/mol. The first-order chi connectivity index (χ1) is 14.1. The van der Waals surface area contributed by atoms with Crippen molar-refractivity contribution >= 4 is 5.91 Å². The van der Waals surface area contributed by atoms with Gasteiger partial charge in [0.1, 0.15) is 11.5 Å². The molecule has 0 aliphatic heterocycles. The lowest BCUT2D eigenvalue weighted by Crippen LogP contribution is -2.24. The first-order valence-electron chi connectivity index (χ1n) is 9.89. The summed E-state index contributed by atoms with van der Waals surface area (Å²) in [6, 6.07) is 17.7. The number of methoxy groups -OCH3 is 2. The number of nitrogens with zero attached hydrogens (tertiary/aromatic N) is 1. The number of ether oxygens (including phenoxy) is 2. The molecule has 0 saturated carbocycles. The second-order valence-electron chi connectivity index (χ2n) is 6.88. The van der Waals surface area contributed by atoms with Crippen molar-refractivity contribution in [1.82, 2.24) is 9.88 Å². The van der Waals surface area contributed by atoms with E-state index in [-0.39, 0.29) is 5.91 Å². The minimum Gasteiger partial charge on any atom is -0.497 e. The van der Waals surface area contributed by atoms with E-state index in [4.69, 9.17) is 9.47 Å². The van der Waals surface area contributed by atoms with E-state index in [0.29, 0.717) is 17.9 Å². The zero-order valence-corrected chi connectivity index (χ0v) is 17.5. The first-order valence-corrected chi connectivity index (χ1v) is 9.89. The topological polar surface area (TPSA) is 52.5 Å². The van der Waals surface area contributed by atoms with Crippen LogP contribution >= 0.6 is 0 Å². The molecule has 0 spiro atoms. The number of unbranched alkanes of at least 4 members (excludes halogenated alkanes) is 1. The monoisotopic (exact) mass is 392 g/mol. The van der Waals surface area contributed by atoms with Gasteiger partial charge < -0.3 is 19.4 Å². The standard InChI is InChI=1S/C24H28N2O3/c1-5-6-14-25-24(27)20-16-21(18-10-8-7-9-11-18)26(17(20)2)22-15-19(28-3)12-13-23(22)29-4/h7-13,15-16H,5-6,14H2,1-4H3,(H,25,27). The SMILES string of the molecule is CCCCNC(=O)c1cc(-c2ccccc2)n(-c2cc(OC)ccc2OC)c1C. The van der Waals surface area contributed by atoms with E-state index >= 15 is 0 Å². The highest BCUT2D eigenvalue weighted by Gasteiger charge is 2.21. The number of amides is 1. The average molecular weight is 392 g/mol. The third-order valence-corrected chi connectivity index (χ3v) is 5.00. The van der Waals surface area contributed by atoms with E-state index in [1.54, 1.807) is 14.2 Å². The number of nitrogens with one attached hydrogen (secondary N) is 1. The van der Waals surface area contributed by atoms with Gasteiger partial charge in [-0.2, -0.15) is 0 Å². The highest BCUT2D eigenvalue weighted by molar-refractivity contribution is 5.97. The van der Waals surface area contributed by atoms with E-state index in [9.17, 15) is 4.79 Å². The van der Waals surface area contributed by atoms with Crippen LogP contribution in [0.4, 0.5) is 0 Å². The maximum absolute atomic E-state index is 12.9. The molecule has 0 unspecified atom stereocenters. The van der Waals surface area contributed by atoms with Crippen molar-refractivity contribution in [3.05, 3.63) is 65.9 Å².